The summed E-state index contributed by atoms with van der Waals surface area (Å²) >= 11 is 8.17. The second-order valence-corrected chi connectivity index (χ2v) is 9.35. The monoisotopic (exact) mass is 498 g/mol. The Kier molecular flexibility index (Phi) is 6.53. The molecule has 0 spiro atoms. The van der Waals surface area contributed by atoms with E-state index in [1.54, 1.807) is 24.9 Å². The van der Waals surface area contributed by atoms with Crippen LogP contribution in [0.3, 0.4) is 0 Å². The largest absolute Gasteiger partial charge is 0.497 e. The lowest BCUT2D eigenvalue weighted by molar-refractivity contribution is 0.102. The summed E-state index contributed by atoms with van der Waals surface area (Å²) in [5.41, 5.74) is 5.83. The molecule has 0 unspecified atom stereocenters. The maximum Gasteiger partial charge on any atom is 0.256 e. The van der Waals surface area contributed by atoms with E-state index in [-0.39, 0.29) is 5.91 Å². The second kappa shape index (κ2) is 9.90. The number of aromatic amines is 1. The number of para-hydroxylation sites is 1. The first-order chi connectivity index (χ1) is 17.1. The van der Waals surface area contributed by atoms with Crippen LogP contribution >= 0.6 is 23.4 Å². The first kappa shape index (κ1) is 23.1. The molecule has 0 aliphatic carbocycles. The molecule has 5 aromatic rings. The molecule has 1 amide bonds. The third kappa shape index (κ3) is 4.78. The van der Waals surface area contributed by atoms with Crippen LogP contribution in [0.2, 0.25) is 5.02 Å². The van der Waals surface area contributed by atoms with Crippen molar-refractivity contribution in [3.05, 3.63) is 102 Å². The van der Waals surface area contributed by atoms with Gasteiger partial charge in [-0.15, -0.1) is 11.8 Å². The number of rotatable bonds is 6. The Morgan fingerprint density at radius 3 is 2.46 bits per heavy atom. The number of ether oxygens (including phenoxy) is 1. The number of aromatic nitrogens is 1. The number of fused-ring (bicyclic) bond motifs is 1. The van der Waals surface area contributed by atoms with Crippen LogP contribution in [0.15, 0.2) is 95.9 Å². The van der Waals surface area contributed by atoms with Gasteiger partial charge in [-0.2, -0.15) is 0 Å². The molecular formula is C29H23ClN2O2S. The Labute approximate surface area is 213 Å². The minimum atomic E-state index is -0.187. The number of halogens is 1. The molecule has 2 N–H and O–H groups in total. The van der Waals surface area contributed by atoms with Crippen molar-refractivity contribution in [1.29, 1.82) is 0 Å². The molecule has 1 aromatic heterocycles. The molecule has 0 radical (unpaired) electrons. The minimum Gasteiger partial charge on any atom is -0.497 e. The SMILES string of the molecule is COc1ccc(-c2cc(SC)ccc2C(=O)Nc2ccc(Cl)c(-c3cc4ccccc4[nH]3)c2)cc1. The van der Waals surface area contributed by atoms with Crippen LogP contribution < -0.4 is 10.1 Å². The minimum absolute atomic E-state index is 0.187. The predicted molar refractivity (Wildman–Crippen MR) is 147 cm³/mol. The first-order valence-electron chi connectivity index (χ1n) is 11.1. The van der Waals surface area contributed by atoms with Crippen molar-refractivity contribution in [3.63, 3.8) is 0 Å². The normalized spacial score (nSPS) is 10.9. The van der Waals surface area contributed by atoms with E-state index < -0.39 is 0 Å². The molecule has 0 aliphatic heterocycles. The Balaban J connectivity index is 1.48. The van der Waals surface area contributed by atoms with Gasteiger partial charge in [0.15, 0.2) is 0 Å². The van der Waals surface area contributed by atoms with Crippen molar-refractivity contribution in [2.75, 3.05) is 18.7 Å². The highest BCUT2D eigenvalue weighted by molar-refractivity contribution is 7.98. The average Bonchev–Trinajstić information content (AvgIpc) is 3.33. The van der Waals surface area contributed by atoms with Gasteiger partial charge in [0.2, 0.25) is 0 Å². The van der Waals surface area contributed by atoms with Gasteiger partial charge in [-0.05, 0) is 78.0 Å². The molecule has 174 valence electrons. The molecule has 0 fully saturated rings. The molecule has 35 heavy (non-hydrogen) atoms. The number of H-pyrrole nitrogens is 1. The summed E-state index contributed by atoms with van der Waals surface area (Å²) in [5.74, 6) is 0.583. The lowest BCUT2D eigenvalue weighted by Gasteiger charge is -2.13. The highest BCUT2D eigenvalue weighted by Crippen LogP contribution is 2.34. The van der Waals surface area contributed by atoms with E-state index in [4.69, 9.17) is 16.3 Å². The summed E-state index contributed by atoms with van der Waals surface area (Å²) in [6.45, 7) is 0. The smallest absolute Gasteiger partial charge is 0.256 e. The Morgan fingerprint density at radius 2 is 1.71 bits per heavy atom. The van der Waals surface area contributed by atoms with Crippen molar-refractivity contribution < 1.29 is 9.53 Å². The van der Waals surface area contributed by atoms with Gasteiger partial charge in [-0.25, -0.2) is 0 Å². The summed E-state index contributed by atoms with van der Waals surface area (Å²) in [5, 5.41) is 4.77. The number of methoxy groups -OCH3 is 1. The van der Waals surface area contributed by atoms with Crippen molar-refractivity contribution in [1.82, 2.24) is 4.98 Å². The van der Waals surface area contributed by atoms with E-state index in [0.29, 0.717) is 16.3 Å². The first-order valence-corrected chi connectivity index (χ1v) is 12.7. The van der Waals surface area contributed by atoms with Gasteiger partial charge in [0.05, 0.1) is 12.1 Å². The molecular weight excluding hydrogens is 476 g/mol. The number of carbonyl (C=O) groups is 1. The Bertz CT molecular complexity index is 1490. The summed E-state index contributed by atoms with van der Waals surface area (Å²) in [7, 11) is 1.64. The van der Waals surface area contributed by atoms with Gasteiger partial charge in [0.25, 0.3) is 5.91 Å². The zero-order chi connectivity index (χ0) is 24.4. The molecule has 0 atom stereocenters. The van der Waals surface area contributed by atoms with Crippen molar-refractivity contribution >= 4 is 45.9 Å². The van der Waals surface area contributed by atoms with Gasteiger partial charge >= 0.3 is 0 Å². The molecule has 6 heteroatoms. The summed E-state index contributed by atoms with van der Waals surface area (Å²) in [4.78, 5) is 17.9. The number of hydrogen-bond acceptors (Lipinski definition) is 3. The fourth-order valence-corrected chi connectivity index (χ4v) is 4.74. The molecule has 1 heterocycles. The van der Waals surface area contributed by atoms with Crippen LogP contribution in [0.1, 0.15) is 10.4 Å². The zero-order valence-electron chi connectivity index (χ0n) is 19.3. The van der Waals surface area contributed by atoms with Crippen LogP contribution in [0, 0.1) is 0 Å². The van der Waals surface area contributed by atoms with Crippen LogP contribution in [0.4, 0.5) is 5.69 Å². The van der Waals surface area contributed by atoms with Crippen LogP contribution in [0.5, 0.6) is 5.75 Å². The molecule has 5 rings (SSSR count). The molecule has 0 aliphatic rings. The fourth-order valence-electron chi connectivity index (χ4n) is 4.08. The standard InChI is InChI=1S/C29H23ClN2O2S/c1-34-21-10-7-18(8-11-21)24-17-22(35-2)12-13-23(24)29(33)31-20-9-14-26(30)25(16-20)28-15-19-5-3-4-6-27(19)32-28/h3-17,32H,1-2H3,(H,31,33). The summed E-state index contributed by atoms with van der Waals surface area (Å²) in [6.07, 6.45) is 2.02. The number of carbonyl (C=O) groups excluding carboxylic acids is 1. The number of thioether (sulfide) groups is 1. The van der Waals surface area contributed by atoms with E-state index >= 15 is 0 Å². The number of anilines is 1. The van der Waals surface area contributed by atoms with Gasteiger partial charge in [0.1, 0.15) is 5.75 Å². The number of hydrogen-bond donors (Lipinski definition) is 2. The fraction of sp³-hybridized carbons (Fsp3) is 0.0690. The molecule has 4 nitrogen and oxygen atoms in total. The van der Waals surface area contributed by atoms with Gasteiger partial charge in [-0.1, -0.05) is 41.9 Å². The van der Waals surface area contributed by atoms with E-state index in [9.17, 15) is 4.79 Å². The molecule has 0 saturated heterocycles. The summed E-state index contributed by atoms with van der Waals surface area (Å²) in [6, 6.07) is 29.2. The maximum atomic E-state index is 13.4. The molecule has 4 aromatic carbocycles. The maximum absolute atomic E-state index is 13.4. The highest BCUT2D eigenvalue weighted by Gasteiger charge is 2.16. The number of benzene rings is 4. The van der Waals surface area contributed by atoms with Gasteiger partial charge in [-0.3, -0.25) is 4.79 Å². The predicted octanol–water partition coefficient (Wildman–Crippen LogP) is 8.14. The van der Waals surface area contributed by atoms with E-state index in [1.165, 1.54) is 0 Å². The Morgan fingerprint density at radius 1 is 0.914 bits per heavy atom. The third-order valence-electron chi connectivity index (χ3n) is 5.92. The topological polar surface area (TPSA) is 54.1 Å². The lowest BCUT2D eigenvalue weighted by atomic mass is 9.99. The quantitative estimate of drug-likeness (QED) is 0.232. The second-order valence-electron chi connectivity index (χ2n) is 8.06. The van der Waals surface area contributed by atoms with Gasteiger partial charge in [0, 0.05) is 38.3 Å². The highest BCUT2D eigenvalue weighted by atomic mass is 35.5. The van der Waals surface area contributed by atoms with Crippen LogP contribution in [0.25, 0.3) is 33.3 Å². The molecule has 0 bridgehead atoms. The Hall–Kier alpha value is -3.67. The van der Waals surface area contributed by atoms with E-state index in [2.05, 4.69) is 16.4 Å². The van der Waals surface area contributed by atoms with E-state index in [0.717, 1.165) is 43.9 Å². The van der Waals surface area contributed by atoms with Crippen molar-refractivity contribution in [3.8, 4) is 28.1 Å². The average molecular weight is 499 g/mol. The van der Waals surface area contributed by atoms with Crippen molar-refractivity contribution in [2.45, 2.75) is 4.90 Å². The molecule has 0 saturated carbocycles. The van der Waals surface area contributed by atoms with Crippen molar-refractivity contribution in [2.24, 2.45) is 0 Å². The number of nitrogens with one attached hydrogen (secondary N) is 2. The third-order valence-corrected chi connectivity index (χ3v) is 6.97. The van der Waals surface area contributed by atoms with Crippen LogP contribution in [-0.2, 0) is 0 Å². The van der Waals surface area contributed by atoms with E-state index in [1.807, 2.05) is 85.1 Å². The number of amides is 1. The lowest BCUT2D eigenvalue weighted by Crippen LogP contribution is -2.13. The summed E-state index contributed by atoms with van der Waals surface area (Å²) < 4.78 is 5.29. The zero-order valence-corrected chi connectivity index (χ0v) is 20.8. The van der Waals surface area contributed by atoms with Gasteiger partial charge < -0.3 is 15.0 Å². The van der Waals surface area contributed by atoms with Crippen LogP contribution in [-0.4, -0.2) is 24.3 Å².